The number of hydrogen-bond acceptors (Lipinski definition) is 5. The molecule has 0 aliphatic heterocycles. The zero-order valence-corrected chi connectivity index (χ0v) is 20.9. The number of methoxy groups -OCH3 is 2. The van der Waals surface area contributed by atoms with Crippen molar-refractivity contribution in [1.82, 2.24) is 5.32 Å². The van der Waals surface area contributed by atoms with Crippen molar-refractivity contribution in [3.8, 4) is 22.6 Å². The summed E-state index contributed by atoms with van der Waals surface area (Å²) < 4.78 is 14.9. The van der Waals surface area contributed by atoms with Crippen LogP contribution in [0, 0.1) is 0 Å². The quantitative estimate of drug-likeness (QED) is 0.283. The highest BCUT2D eigenvalue weighted by Gasteiger charge is 2.15. The predicted molar refractivity (Wildman–Crippen MR) is 138 cm³/mol. The largest absolute Gasteiger partial charge is 0.493 e. The molecule has 3 rings (SSSR count). The number of carbonyl (C=O) groups excluding carboxylic acids is 1. The predicted octanol–water partition coefficient (Wildman–Crippen LogP) is 6.10. The minimum Gasteiger partial charge on any atom is -0.493 e. The van der Waals surface area contributed by atoms with E-state index in [1.807, 2.05) is 60.9 Å². The molecule has 0 heterocycles. The van der Waals surface area contributed by atoms with Crippen LogP contribution in [0.15, 0.2) is 65.1 Å². The number of rotatable bonds is 9. The topological polar surface area (TPSA) is 59.9 Å². The van der Waals surface area contributed by atoms with Crippen LogP contribution in [0.1, 0.15) is 11.1 Å². The van der Waals surface area contributed by atoms with Gasteiger partial charge in [-0.05, 0) is 59.3 Å². The Kier molecular flexibility index (Phi) is 9.06. The van der Waals surface area contributed by atoms with Gasteiger partial charge in [-0.25, -0.2) is 4.40 Å². The molecule has 0 spiro atoms. The van der Waals surface area contributed by atoms with E-state index in [0.717, 1.165) is 22.3 Å². The Morgan fingerprint density at radius 1 is 0.909 bits per heavy atom. The van der Waals surface area contributed by atoms with Crippen LogP contribution in [-0.4, -0.2) is 38.6 Å². The summed E-state index contributed by atoms with van der Waals surface area (Å²) in [6, 6.07) is 18.8. The Labute approximate surface area is 208 Å². The van der Waals surface area contributed by atoms with Gasteiger partial charge in [0.05, 0.1) is 24.3 Å². The third kappa shape index (κ3) is 6.44. The normalized spacial score (nSPS) is 11.2. The molecule has 3 aromatic carbocycles. The number of halogens is 2. The highest BCUT2D eigenvalue weighted by Crippen LogP contribution is 2.29. The summed E-state index contributed by atoms with van der Waals surface area (Å²) in [7, 11) is 3.20. The Morgan fingerprint density at radius 3 is 2.24 bits per heavy atom. The van der Waals surface area contributed by atoms with Crippen LogP contribution >= 0.6 is 35.1 Å². The SMILES string of the molecule is COc1ccc(CCNC(=O)C(=NSC)c2ccc(-c3ccc(Cl)c(Cl)c3)cc2)cc1OC. The van der Waals surface area contributed by atoms with Crippen molar-refractivity contribution in [2.75, 3.05) is 27.0 Å². The van der Waals surface area contributed by atoms with E-state index in [-0.39, 0.29) is 5.91 Å². The molecular weight excluding hydrogens is 479 g/mol. The molecular formula is C25H24Cl2N2O3S. The average molecular weight is 503 g/mol. The van der Waals surface area contributed by atoms with E-state index < -0.39 is 0 Å². The van der Waals surface area contributed by atoms with Gasteiger partial charge >= 0.3 is 0 Å². The van der Waals surface area contributed by atoms with Crippen molar-refractivity contribution in [2.45, 2.75) is 6.42 Å². The van der Waals surface area contributed by atoms with E-state index in [0.29, 0.717) is 40.2 Å². The number of carbonyl (C=O) groups is 1. The fourth-order valence-electron chi connectivity index (χ4n) is 3.25. The first-order valence-electron chi connectivity index (χ1n) is 10.1. The average Bonchev–Trinajstić information content (AvgIpc) is 2.84. The highest BCUT2D eigenvalue weighted by atomic mass is 35.5. The third-order valence-corrected chi connectivity index (χ3v) is 6.06. The number of hydrogen-bond donors (Lipinski definition) is 1. The monoisotopic (exact) mass is 502 g/mol. The van der Waals surface area contributed by atoms with Gasteiger partial charge in [0.2, 0.25) is 0 Å². The Balaban J connectivity index is 1.67. The van der Waals surface area contributed by atoms with E-state index >= 15 is 0 Å². The molecule has 0 aliphatic rings. The summed E-state index contributed by atoms with van der Waals surface area (Å²) in [6.07, 6.45) is 2.47. The van der Waals surface area contributed by atoms with Gasteiger partial charge in [-0.2, -0.15) is 0 Å². The molecule has 0 saturated carbocycles. The Morgan fingerprint density at radius 2 is 1.61 bits per heavy atom. The van der Waals surface area contributed by atoms with Gasteiger partial charge < -0.3 is 14.8 Å². The van der Waals surface area contributed by atoms with Gasteiger partial charge in [0, 0.05) is 18.4 Å². The van der Waals surface area contributed by atoms with E-state index in [1.165, 1.54) is 11.9 Å². The maximum atomic E-state index is 12.9. The second kappa shape index (κ2) is 12.0. The molecule has 0 radical (unpaired) electrons. The molecule has 172 valence electrons. The summed E-state index contributed by atoms with van der Waals surface area (Å²) in [5.74, 6) is 1.10. The fourth-order valence-corrected chi connectivity index (χ4v) is 3.92. The Bertz CT molecular complexity index is 1150. The summed E-state index contributed by atoms with van der Waals surface area (Å²) >= 11 is 13.4. The summed E-state index contributed by atoms with van der Waals surface area (Å²) in [6.45, 7) is 0.461. The van der Waals surface area contributed by atoms with Crippen LogP contribution < -0.4 is 14.8 Å². The first kappa shape index (κ1) is 25.0. The van der Waals surface area contributed by atoms with Gasteiger partial charge in [0.1, 0.15) is 5.71 Å². The van der Waals surface area contributed by atoms with Gasteiger partial charge in [0.25, 0.3) is 5.91 Å². The molecule has 3 aromatic rings. The smallest absolute Gasteiger partial charge is 0.271 e. The molecule has 0 saturated heterocycles. The maximum absolute atomic E-state index is 12.9. The molecule has 0 unspecified atom stereocenters. The number of amides is 1. The van der Waals surface area contributed by atoms with E-state index in [9.17, 15) is 4.79 Å². The lowest BCUT2D eigenvalue weighted by Gasteiger charge is -2.11. The van der Waals surface area contributed by atoms with Crippen LogP contribution in [0.3, 0.4) is 0 Å². The van der Waals surface area contributed by atoms with E-state index in [1.54, 1.807) is 20.3 Å². The second-order valence-corrected chi connectivity index (χ2v) is 8.39. The molecule has 1 amide bonds. The lowest BCUT2D eigenvalue weighted by Crippen LogP contribution is -2.33. The molecule has 5 nitrogen and oxygen atoms in total. The Hall–Kier alpha value is -2.67. The van der Waals surface area contributed by atoms with E-state index in [2.05, 4.69) is 9.71 Å². The number of benzene rings is 3. The number of ether oxygens (including phenoxy) is 2. The van der Waals surface area contributed by atoms with Gasteiger partial charge in [-0.3, -0.25) is 4.79 Å². The summed E-state index contributed by atoms with van der Waals surface area (Å²) in [5.41, 5.74) is 4.04. The maximum Gasteiger partial charge on any atom is 0.271 e. The lowest BCUT2D eigenvalue weighted by molar-refractivity contribution is -0.114. The van der Waals surface area contributed by atoms with Crippen LogP contribution in [-0.2, 0) is 11.2 Å². The first-order chi connectivity index (χ1) is 16.0. The zero-order chi connectivity index (χ0) is 23.8. The molecule has 0 aliphatic carbocycles. The number of nitrogens with zero attached hydrogens (tertiary/aromatic N) is 1. The minimum absolute atomic E-state index is 0.230. The summed E-state index contributed by atoms with van der Waals surface area (Å²) in [5, 5.41) is 3.96. The van der Waals surface area contributed by atoms with Crippen molar-refractivity contribution >= 4 is 46.8 Å². The van der Waals surface area contributed by atoms with Crippen molar-refractivity contribution in [2.24, 2.45) is 4.40 Å². The van der Waals surface area contributed by atoms with Crippen LogP contribution in [0.5, 0.6) is 11.5 Å². The van der Waals surface area contributed by atoms with Crippen molar-refractivity contribution in [3.05, 3.63) is 81.8 Å². The second-order valence-electron chi connectivity index (χ2n) is 7.02. The van der Waals surface area contributed by atoms with Crippen LogP contribution in [0.4, 0.5) is 0 Å². The fraction of sp³-hybridized carbons (Fsp3) is 0.200. The summed E-state index contributed by atoms with van der Waals surface area (Å²) in [4.78, 5) is 12.9. The first-order valence-corrected chi connectivity index (χ1v) is 12.1. The minimum atomic E-state index is -0.230. The third-order valence-electron chi connectivity index (χ3n) is 4.96. The molecule has 0 fully saturated rings. The molecule has 0 aromatic heterocycles. The lowest BCUT2D eigenvalue weighted by atomic mass is 10.0. The van der Waals surface area contributed by atoms with Crippen LogP contribution in [0.2, 0.25) is 10.0 Å². The molecule has 1 N–H and O–H groups in total. The van der Waals surface area contributed by atoms with E-state index in [4.69, 9.17) is 32.7 Å². The van der Waals surface area contributed by atoms with Crippen molar-refractivity contribution in [1.29, 1.82) is 0 Å². The van der Waals surface area contributed by atoms with Crippen molar-refractivity contribution in [3.63, 3.8) is 0 Å². The number of nitrogens with one attached hydrogen (secondary N) is 1. The molecule has 8 heteroatoms. The van der Waals surface area contributed by atoms with Crippen LogP contribution in [0.25, 0.3) is 11.1 Å². The molecule has 0 atom stereocenters. The van der Waals surface area contributed by atoms with Crippen molar-refractivity contribution < 1.29 is 14.3 Å². The highest BCUT2D eigenvalue weighted by molar-refractivity contribution is 7.97. The van der Waals surface area contributed by atoms with Gasteiger partial charge in [-0.15, -0.1) is 0 Å². The molecule has 33 heavy (non-hydrogen) atoms. The van der Waals surface area contributed by atoms with Gasteiger partial charge in [0.15, 0.2) is 11.5 Å². The zero-order valence-electron chi connectivity index (χ0n) is 18.5. The standard InChI is InChI=1S/C25H24Cl2N2O3S/c1-31-22-11-4-16(14-23(22)32-2)12-13-28-25(30)24(29-33-3)18-7-5-17(6-8-18)19-9-10-20(26)21(27)15-19/h4-11,14-15H,12-13H2,1-3H3,(H,28,30). The molecule has 0 bridgehead atoms. The van der Waals surface area contributed by atoms with Gasteiger partial charge in [-0.1, -0.05) is 59.6 Å².